The number of amides is 1. The standard InChI is InChI=1S/C19H17ClN4OS2/c1-12-11-21-19(23-14-3-2-4-15(26)9-14)24-18(12)27-16-7-5-13(6-8-16)22-17(25)10-20/h2-9,11,26H,10H2,1H3,(H,22,25)(H,21,23,24). The van der Waals surface area contributed by atoms with Crippen LogP contribution in [0.15, 0.2) is 69.5 Å². The number of nitrogens with zero attached hydrogens (tertiary/aromatic N) is 2. The monoisotopic (exact) mass is 416 g/mol. The lowest BCUT2D eigenvalue weighted by Crippen LogP contribution is -2.12. The number of hydrogen-bond donors (Lipinski definition) is 3. The molecule has 0 aliphatic rings. The second kappa shape index (κ2) is 9.12. The summed E-state index contributed by atoms with van der Waals surface area (Å²) in [5, 5.41) is 6.76. The van der Waals surface area contributed by atoms with Gasteiger partial charge in [0.15, 0.2) is 0 Å². The Kier molecular flexibility index (Phi) is 6.60. The van der Waals surface area contributed by atoms with Crippen LogP contribution in [0.5, 0.6) is 0 Å². The van der Waals surface area contributed by atoms with Gasteiger partial charge in [0.2, 0.25) is 11.9 Å². The fourth-order valence-electron chi connectivity index (χ4n) is 2.22. The van der Waals surface area contributed by atoms with E-state index in [1.165, 1.54) is 11.8 Å². The Hall–Kier alpha value is -2.22. The van der Waals surface area contributed by atoms with Crippen LogP contribution >= 0.6 is 36.0 Å². The zero-order chi connectivity index (χ0) is 19.2. The highest BCUT2D eigenvalue weighted by atomic mass is 35.5. The fourth-order valence-corrected chi connectivity index (χ4v) is 3.35. The number of halogens is 1. The SMILES string of the molecule is Cc1cnc(Nc2cccc(S)c2)nc1Sc1ccc(NC(=O)CCl)cc1. The van der Waals surface area contributed by atoms with Gasteiger partial charge in [-0.05, 0) is 49.4 Å². The highest BCUT2D eigenvalue weighted by Gasteiger charge is 2.08. The first-order chi connectivity index (χ1) is 13.0. The maximum atomic E-state index is 11.3. The third kappa shape index (κ3) is 5.63. The molecular formula is C19H17ClN4OS2. The lowest BCUT2D eigenvalue weighted by Gasteiger charge is -2.10. The summed E-state index contributed by atoms with van der Waals surface area (Å²) in [6, 6.07) is 15.2. The van der Waals surface area contributed by atoms with Crippen LogP contribution < -0.4 is 10.6 Å². The number of nitrogens with one attached hydrogen (secondary N) is 2. The second-order valence-corrected chi connectivity index (χ2v) is 7.51. The van der Waals surface area contributed by atoms with Crippen LogP contribution in [0, 0.1) is 6.92 Å². The molecule has 0 fully saturated rings. The Morgan fingerprint density at radius 2 is 1.96 bits per heavy atom. The first kappa shape index (κ1) is 19.5. The molecule has 0 aliphatic heterocycles. The topological polar surface area (TPSA) is 66.9 Å². The summed E-state index contributed by atoms with van der Waals surface area (Å²) in [5.74, 6) is 0.223. The third-order valence-corrected chi connectivity index (χ3v) is 5.14. The first-order valence-electron chi connectivity index (χ1n) is 8.07. The van der Waals surface area contributed by atoms with E-state index in [1.807, 2.05) is 55.5 Å². The minimum atomic E-state index is -0.232. The molecule has 2 N–H and O–H groups in total. The molecule has 2 aromatic carbocycles. The molecule has 1 heterocycles. The Balaban J connectivity index is 1.73. The van der Waals surface area contributed by atoms with E-state index in [9.17, 15) is 4.79 Å². The van der Waals surface area contributed by atoms with Crippen LogP contribution in [0.3, 0.4) is 0 Å². The molecule has 0 unspecified atom stereocenters. The second-order valence-electron chi connectivity index (χ2n) is 5.67. The summed E-state index contributed by atoms with van der Waals surface area (Å²) in [4.78, 5) is 22.1. The largest absolute Gasteiger partial charge is 0.325 e. The lowest BCUT2D eigenvalue weighted by atomic mass is 10.3. The Labute approximate surface area is 172 Å². The van der Waals surface area contributed by atoms with E-state index in [0.29, 0.717) is 11.6 Å². The van der Waals surface area contributed by atoms with Crippen molar-refractivity contribution in [1.29, 1.82) is 0 Å². The van der Waals surface area contributed by atoms with Gasteiger partial charge in [-0.25, -0.2) is 9.97 Å². The van der Waals surface area contributed by atoms with Crippen LogP contribution in [0.2, 0.25) is 0 Å². The third-order valence-electron chi connectivity index (χ3n) is 3.50. The van der Waals surface area contributed by atoms with Gasteiger partial charge in [-0.15, -0.1) is 24.2 Å². The molecule has 5 nitrogen and oxygen atoms in total. The number of carbonyl (C=O) groups is 1. The summed E-state index contributed by atoms with van der Waals surface area (Å²) in [7, 11) is 0. The number of alkyl halides is 1. The Bertz CT molecular complexity index is 951. The summed E-state index contributed by atoms with van der Waals surface area (Å²) in [5.41, 5.74) is 2.56. The van der Waals surface area contributed by atoms with Gasteiger partial charge in [-0.3, -0.25) is 4.79 Å². The van der Waals surface area contributed by atoms with E-state index < -0.39 is 0 Å². The van der Waals surface area contributed by atoms with Crippen molar-refractivity contribution in [3.63, 3.8) is 0 Å². The van der Waals surface area contributed by atoms with Crippen molar-refractivity contribution >= 4 is 59.2 Å². The molecule has 0 atom stereocenters. The average molecular weight is 417 g/mol. The number of hydrogen-bond acceptors (Lipinski definition) is 6. The van der Waals surface area contributed by atoms with Gasteiger partial charge in [0, 0.05) is 32.9 Å². The van der Waals surface area contributed by atoms with Gasteiger partial charge in [0.25, 0.3) is 0 Å². The van der Waals surface area contributed by atoms with E-state index in [-0.39, 0.29) is 11.8 Å². The van der Waals surface area contributed by atoms with E-state index in [4.69, 9.17) is 11.6 Å². The fraction of sp³-hybridized carbons (Fsp3) is 0.105. The highest BCUT2D eigenvalue weighted by Crippen LogP contribution is 2.30. The number of aromatic nitrogens is 2. The lowest BCUT2D eigenvalue weighted by molar-refractivity contribution is -0.113. The molecule has 3 rings (SSSR count). The van der Waals surface area contributed by atoms with Gasteiger partial charge in [-0.1, -0.05) is 17.8 Å². The minimum absolute atomic E-state index is 0.0669. The highest BCUT2D eigenvalue weighted by molar-refractivity contribution is 7.99. The molecule has 3 aromatic rings. The van der Waals surface area contributed by atoms with E-state index in [2.05, 4.69) is 33.2 Å². The molecule has 0 aliphatic carbocycles. The maximum Gasteiger partial charge on any atom is 0.239 e. The predicted molar refractivity (Wildman–Crippen MR) is 114 cm³/mol. The van der Waals surface area contributed by atoms with Gasteiger partial charge in [0.05, 0.1) is 0 Å². The van der Waals surface area contributed by atoms with Crippen LogP contribution in [-0.4, -0.2) is 21.8 Å². The van der Waals surface area contributed by atoms with Crippen LogP contribution in [0.1, 0.15) is 5.56 Å². The molecule has 27 heavy (non-hydrogen) atoms. The number of anilines is 3. The van der Waals surface area contributed by atoms with Crippen LogP contribution in [-0.2, 0) is 4.79 Å². The normalized spacial score (nSPS) is 10.5. The molecule has 0 radical (unpaired) electrons. The molecule has 8 heteroatoms. The summed E-state index contributed by atoms with van der Waals surface area (Å²) < 4.78 is 0. The quantitative estimate of drug-likeness (QED) is 0.294. The van der Waals surface area contributed by atoms with Gasteiger partial charge in [-0.2, -0.15) is 0 Å². The summed E-state index contributed by atoms with van der Waals surface area (Å²) in [6.45, 7) is 1.97. The smallest absolute Gasteiger partial charge is 0.239 e. The number of thiol groups is 1. The molecule has 1 aromatic heterocycles. The average Bonchev–Trinajstić information content (AvgIpc) is 2.66. The van der Waals surface area contributed by atoms with Crippen molar-refractivity contribution < 1.29 is 4.79 Å². The number of carbonyl (C=O) groups excluding carboxylic acids is 1. The van der Waals surface area contributed by atoms with E-state index in [0.717, 1.165) is 26.1 Å². The first-order valence-corrected chi connectivity index (χ1v) is 9.87. The van der Waals surface area contributed by atoms with Gasteiger partial charge in [0.1, 0.15) is 10.9 Å². The Morgan fingerprint density at radius 3 is 2.67 bits per heavy atom. The van der Waals surface area contributed by atoms with Crippen molar-refractivity contribution in [1.82, 2.24) is 9.97 Å². The zero-order valence-electron chi connectivity index (χ0n) is 14.4. The maximum absolute atomic E-state index is 11.3. The molecular weight excluding hydrogens is 400 g/mol. The molecule has 138 valence electrons. The van der Waals surface area contributed by atoms with Crippen molar-refractivity contribution in [2.75, 3.05) is 16.5 Å². The number of benzene rings is 2. The molecule has 0 spiro atoms. The minimum Gasteiger partial charge on any atom is -0.325 e. The summed E-state index contributed by atoms with van der Waals surface area (Å²) >= 11 is 11.4. The predicted octanol–water partition coefficient (Wildman–Crippen LogP) is 5.15. The van der Waals surface area contributed by atoms with Gasteiger partial charge < -0.3 is 10.6 Å². The molecule has 0 saturated carbocycles. The van der Waals surface area contributed by atoms with Crippen LogP contribution in [0.4, 0.5) is 17.3 Å². The van der Waals surface area contributed by atoms with Crippen molar-refractivity contribution in [3.05, 3.63) is 60.3 Å². The zero-order valence-corrected chi connectivity index (χ0v) is 16.9. The Morgan fingerprint density at radius 1 is 1.19 bits per heavy atom. The molecule has 0 saturated heterocycles. The van der Waals surface area contributed by atoms with Crippen molar-refractivity contribution in [3.8, 4) is 0 Å². The molecule has 1 amide bonds. The van der Waals surface area contributed by atoms with Crippen molar-refractivity contribution in [2.45, 2.75) is 21.7 Å². The van der Waals surface area contributed by atoms with E-state index in [1.54, 1.807) is 6.20 Å². The van der Waals surface area contributed by atoms with E-state index >= 15 is 0 Å². The van der Waals surface area contributed by atoms with Gasteiger partial charge >= 0.3 is 0 Å². The number of rotatable bonds is 6. The number of aryl methyl sites for hydroxylation is 1. The summed E-state index contributed by atoms with van der Waals surface area (Å²) in [6.07, 6.45) is 1.79. The van der Waals surface area contributed by atoms with Crippen molar-refractivity contribution in [2.24, 2.45) is 0 Å². The molecule has 0 bridgehead atoms. The van der Waals surface area contributed by atoms with Crippen LogP contribution in [0.25, 0.3) is 0 Å².